The number of hydrogen-bond acceptors (Lipinski definition) is 35. The molecule has 48 nitrogen and oxygen atoms in total. The molecular formula is C91H113N17O31S2. The van der Waals surface area contributed by atoms with E-state index in [1.807, 2.05) is 0 Å². The number of fused-ring (bicyclic) bond motifs is 1. The van der Waals surface area contributed by atoms with Gasteiger partial charge in [0.15, 0.2) is 57.9 Å². The number of oxime groups is 1. The summed E-state index contributed by atoms with van der Waals surface area (Å²) < 4.78 is 46.0. The summed E-state index contributed by atoms with van der Waals surface area (Å²) in [5.74, 6) is -22.2. The minimum Gasteiger partial charge on any atom is -0.493 e. The number of carbonyl (C=O) groups is 16. The number of carbonyl (C=O) groups excluding carboxylic acids is 11. The van der Waals surface area contributed by atoms with Gasteiger partial charge in [-0.25, -0.2) is 24.4 Å². The smallest absolute Gasteiger partial charge is 0.412 e. The van der Waals surface area contributed by atoms with Crippen molar-refractivity contribution in [3.8, 4) is 23.0 Å². The minimum atomic E-state index is -2.03. The van der Waals surface area contributed by atoms with Gasteiger partial charge in [-0.1, -0.05) is 76.4 Å². The topological polar surface area (TPSA) is 699 Å². The predicted octanol–water partition coefficient (Wildman–Crippen LogP) is 5.04. The number of rotatable bonds is 60. The van der Waals surface area contributed by atoms with Crippen LogP contribution in [-0.4, -0.2) is 302 Å². The van der Waals surface area contributed by atoms with Gasteiger partial charge < -0.3 is 116 Å². The molecule has 3 aromatic carbocycles. The van der Waals surface area contributed by atoms with Crippen molar-refractivity contribution in [1.82, 2.24) is 55.9 Å². The molecule has 3 fully saturated rings. The highest BCUT2D eigenvalue weighted by molar-refractivity contribution is 8.76. The molecule has 7 amide bonds. The van der Waals surface area contributed by atoms with Crippen LogP contribution in [0, 0.1) is 23.2 Å². The fourth-order valence-electron chi connectivity index (χ4n) is 15.0. The lowest BCUT2D eigenvalue weighted by molar-refractivity contribution is -0.145. The number of hydrogen-bond donors (Lipinski definition) is 15. The number of Topliss-reactive ketones (excluding diaryl/α,β-unsaturated/α-hetero) is 3. The highest BCUT2D eigenvalue weighted by Crippen LogP contribution is 2.39. The maximum Gasteiger partial charge on any atom is 0.412 e. The van der Waals surface area contributed by atoms with Crippen LogP contribution in [0.25, 0.3) is 11.2 Å². The molecule has 50 heteroatoms. The van der Waals surface area contributed by atoms with E-state index in [0.717, 1.165) is 21.6 Å². The first kappa shape index (κ1) is 111. The van der Waals surface area contributed by atoms with E-state index in [1.54, 1.807) is 0 Å². The number of aromatic nitrogens is 4. The Morgan fingerprint density at radius 2 is 1.28 bits per heavy atom. The molecule has 9 atom stereocenters. The SMILES string of the molecule is C=CCOC(=O)Cc1cc(OCCCCCOc2cc(NC(=O)OCCSSC[C@H](CC(=O)[C@H](CC(=O)O)NC(=O)[C@H](CC(=O)O)CC(=O)[C@H](CCCNC(=N)N)NC(=O)[C@H](CC(=O)O)CC(=O)CC[C@H](NC(=O)c3ccc(NCc4cnc5nc(N)[nH]c(=O)c5n4)cc3)C(=O)O)C(=O)O)c(C(=O)N3CC(=C)C[C@H]3/C=N/OC)cc2OC)c(OC)cc1C(=O)N1CC(=C)C[C@H]1C1OCCN1C(=O)OCC=C. The molecule has 1 unspecified atom stereocenters. The second-order valence-electron chi connectivity index (χ2n) is 32.4. The number of aliphatic carboxylic acids is 5. The third-order valence-corrected chi connectivity index (χ3v) is 24.3. The van der Waals surface area contributed by atoms with E-state index < -0.39 is 212 Å². The van der Waals surface area contributed by atoms with Gasteiger partial charge in [0.1, 0.15) is 38.8 Å². The summed E-state index contributed by atoms with van der Waals surface area (Å²) in [6.07, 6.45) is -3.21. The zero-order chi connectivity index (χ0) is 103. The van der Waals surface area contributed by atoms with Crippen LogP contribution in [0.1, 0.15) is 139 Å². The molecule has 5 heterocycles. The fourth-order valence-corrected chi connectivity index (χ4v) is 17.2. The second kappa shape index (κ2) is 55.4. The molecule has 3 aliphatic rings. The Kier molecular flexibility index (Phi) is 43.6. The van der Waals surface area contributed by atoms with E-state index >= 15 is 0 Å². The normalized spacial score (nSPS) is 15.6. The predicted molar refractivity (Wildman–Crippen MR) is 507 cm³/mol. The number of ketones is 3. The maximum atomic E-state index is 14.7. The lowest BCUT2D eigenvalue weighted by atomic mass is 9.90. The Morgan fingerprint density at radius 3 is 1.92 bits per heavy atom. The number of carboxylic acid groups (broad SMARTS) is 5. The van der Waals surface area contributed by atoms with Gasteiger partial charge >= 0.3 is 48.0 Å². The average Bonchev–Trinajstić information content (AvgIpc) is 1.63. The van der Waals surface area contributed by atoms with E-state index in [4.69, 9.17) is 59.6 Å². The van der Waals surface area contributed by atoms with Gasteiger partial charge in [-0.3, -0.25) is 87.7 Å². The number of amides is 7. The molecule has 3 saturated heterocycles. The van der Waals surface area contributed by atoms with Gasteiger partial charge in [-0.05, 0) is 99.4 Å². The van der Waals surface area contributed by atoms with Crippen LogP contribution in [0.5, 0.6) is 23.0 Å². The number of likely N-dealkylation sites (tertiary alicyclic amines) is 2. The van der Waals surface area contributed by atoms with Crippen LogP contribution in [-0.2, 0) is 89.5 Å². The molecule has 0 radical (unpaired) electrons. The first-order valence-electron chi connectivity index (χ1n) is 44.2. The molecule has 0 aliphatic carbocycles. The Morgan fingerprint density at radius 1 is 0.667 bits per heavy atom. The Balaban J connectivity index is 0.848. The largest absolute Gasteiger partial charge is 0.493 e. The van der Waals surface area contributed by atoms with Crippen LogP contribution in [0.4, 0.5) is 26.9 Å². The molecule has 141 heavy (non-hydrogen) atoms. The van der Waals surface area contributed by atoms with Crippen molar-refractivity contribution in [1.29, 1.82) is 5.41 Å². The molecule has 760 valence electrons. The molecule has 0 bridgehead atoms. The number of carboxylic acids is 5. The molecule has 2 aromatic heterocycles. The van der Waals surface area contributed by atoms with Gasteiger partial charge in [0, 0.05) is 79.7 Å². The fraction of sp³-hybridized carbons (Fsp3) is 0.451. The number of guanidine groups is 1. The number of nitrogens with two attached hydrogens (primary N) is 2. The Bertz CT molecular complexity index is 5570. The van der Waals surface area contributed by atoms with Gasteiger partial charge in [-0.2, -0.15) is 4.98 Å². The zero-order valence-electron chi connectivity index (χ0n) is 77.4. The Hall–Kier alpha value is -15.2. The van der Waals surface area contributed by atoms with Gasteiger partial charge in [0.05, 0.1) is 144 Å². The number of nitrogen functional groups attached to an aromatic ring is 1. The van der Waals surface area contributed by atoms with Gasteiger partial charge in [-0.15, -0.1) is 0 Å². The molecular weight excluding hydrogens is 1890 g/mol. The second-order valence-corrected chi connectivity index (χ2v) is 35.0. The highest BCUT2D eigenvalue weighted by Gasteiger charge is 2.46. The van der Waals surface area contributed by atoms with Crippen molar-refractivity contribution in [3.63, 3.8) is 0 Å². The zero-order valence-corrected chi connectivity index (χ0v) is 79.0. The standard InChI is InChI=1S/C91H113N17O31S2/c1-8-23-136-76(118)38-52-35-71(69(131-5)39-60(52)83(123)108-47-50(4)31-66(108)85-106(22-27-137-85)91(130)139-24-9-2)134-25-11-10-12-26-135-72-41-64(61(40-70(72)132-6)84(124)107-46-49(3)30-58(107)45-98-133-7)103-90(129)138-28-29-140-141-48-55(86(125)126)34-68(111)65(42-75(116)117)102-81(121)54(37-74(114)115)33-67(110)62(14-13-21-95-88(92)93)100-80(120)53(36-73(112)113)32-59(109)19-20-63(87(127)128)101-79(119)51-15-17-56(18-16-51)96-43-57-44-97-78-77(99-57)82(122)105-89(94)104-78/h8-9,15-18,35,39-41,44-45,53-55,58,62-63,65-66,85,96H,1-4,10-14,19-34,36-38,42-43,46-48H2,5-7H3,(H,100,120)(H,101,119)(H,102,121)(H,103,129)(H,112,113)(H,114,115)(H,116,117)(H,125,126)(H,127,128)(H4,92,93,95)(H3,94,97,104,105,122)/b98-45+/t53-,54-,55-,58-,62-,63-,65-,66-,85?/m0/s1. The molecule has 3 aliphatic heterocycles. The van der Waals surface area contributed by atoms with Crippen LogP contribution in [0.2, 0.25) is 0 Å². The van der Waals surface area contributed by atoms with Crippen molar-refractivity contribution >= 4 is 157 Å². The van der Waals surface area contributed by atoms with Gasteiger partial charge in [0.25, 0.3) is 23.3 Å². The number of H-pyrrole nitrogens is 1. The summed E-state index contributed by atoms with van der Waals surface area (Å²) in [5, 5.41) is 76.5. The molecule has 5 aromatic rings. The number of unbranched alkanes of at least 4 members (excludes halogenated alkanes) is 2. The summed E-state index contributed by atoms with van der Waals surface area (Å²) in [7, 11) is 5.93. The number of aromatic amines is 1. The van der Waals surface area contributed by atoms with E-state index in [2.05, 4.69) is 83.3 Å². The number of benzene rings is 3. The van der Waals surface area contributed by atoms with Crippen molar-refractivity contribution in [2.45, 2.75) is 146 Å². The van der Waals surface area contributed by atoms with E-state index in [1.165, 1.54) is 109 Å². The van der Waals surface area contributed by atoms with E-state index in [-0.39, 0.29) is 171 Å². The number of nitrogens with zero attached hydrogens (tertiary/aromatic N) is 7. The number of methoxy groups -OCH3 is 2. The number of anilines is 3. The highest BCUT2D eigenvalue weighted by atomic mass is 33.1. The lowest BCUT2D eigenvalue weighted by Crippen LogP contribution is -2.51. The summed E-state index contributed by atoms with van der Waals surface area (Å²) in [6, 6.07) is 4.66. The van der Waals surface area contributed by atoms with Crippen LogP contribution < -0.4 is 67.9 Å². The monoisotopic (exact) mass is 2000 g/mol. The molecule has 0 spiro atoms. The third kappa shape index (κ3) is 34.4. The van der Waals surface area contributed by atoms with Crippen LogP contribution in [0.3, 0.4) is 0 Å². The number of ether oxygens (including phenoxy) is 8. The van der Waals surface area contributed by atoms with Crippen molar-refractivity contribution in [2.24, 2.45) is 28.6 Å². The van der Waals surface area contributed by atoms with Crippen molar-refractivity contribution < 1.29 is 145 Å². The average molecular weight is 2010 g/mol. The maximum absolute atomic E-state index is 14.7. The molecule has 17 N–H and O–H groups in total. The van der Waals surface area contributed by atoms with Gasteiger partial charge in [0.2, 0.25) is 17.8 Å². The summed E-state index contributed by atoms with van der Waals surface area (Å²) in [5.41, 5.74) is 12.7. The van der Waals surface area contributed by atoms with Crippen LogP contribution in [0.15, 0.2) is 114 Å². The van der Waals surface area contributed by atoms with E-state index in [9.17, 15) is 107 Å². The Labute approximate surface area is 814 Å². The minimum absolute atomic E-state index is 0.0135. The summed E-state index contributed by atoms with van der Waals surface area (Å²) in [4.78, 5) is 251. The van der Waals surface area contributed by atoms with Crippen molar-refractivity contribution in [3.05, 3.63) is 143 Å². The summed E-state index contributed by atoms with van der Waals surface area (Å²) >= 11 is 0. The van der Waals surface area contributed by atoms with E-state index in [0.29, 0.717) is 54.6 Å². The summed E-state index contributed by atoms with van der Waals surface area (Å²) in [6.45, 7) is 15.7. The van der Waals surface area contributed by atoms with Crippen LogP contribution >= 0.6 is 21.6 Å². The lowest BCUT2D eigenvalue weighted by Gasteiger charge is -2.33. The first-order valence-corrected chi connectivity index (χ1v) is 46.7. The quantitative estimate of drug-likeness (QED) is 0.00354. The number of nitrogens with one attached hydrogen (secondary N) is 8. The third-order valence-electron chi connectivity index (χ3n) is 21.9. The first-order chi connectivity index (χ1) is 67.3. The molecule has 0 saturated carbocycles. The van der Waals surface area contributed by atoms with Crippen molar-refractivity contribution in [2.75, 3.05) is 115 Å². The number of esters is 1. The molecule has 8 rings (SSSR count).